The maximum absolute atomic E-state index is 13.4. The molecule has 1 amide bonds. The number of para-hydroxylation sites is 1. The van der Waals surface area contributed by atoms with E-state index in [0.29, 0.717) is 46.7 Å². The van der Waals surface area contributed by atoms with Crippen LogP contribution in [-0.2, 0) is 27.5 Å². The third-order valence-electron chi connectivity index (χ3n) is 7.58. The number of fused-ring (bicyclic) bond motifs is 1. The van der Waals surface area contributed by atoms with E-state index in [-0.39, 0.29) is 18.2 Å². The maximum Gasteiger partial charge on any atom is 0.416 e. The van der Waals surface area contributed by atoms with Gasteiger partial charge >= 0.3 is 6.18 Å². The van der Waals surface area contributed by atoms with E-state index in [9.17, 15) is 26.4 Å². The summed E-state index contributed by atoms with van der Waals surface area (Å²) in [4.78, 5) is 24.5. The fourth-order valence-corrected chi connectivity index (χ4v) is 7.00. The number of rotatable bonds is 7. The van der Waals surface area contributed by atoms with Crippen molar-refractivity contribution >= 4 is 32.8 Å². The van der Waals surface area contributed by atoms with E-state index in [4.69, 9.17) is 4.42 Å². The Morgan fingerprint density at radius 3 is 2.43 bits per heavy atom. The first kappa shape index (κ1) is 28.2. The molecule has 9 nitrogen and oxygen atoms in total. The van der Waals surface area contributed by atoms with Crippen LogP contribution in [0, 0.1) is 0 Å². The number of hydrogen-bond donors (Lipinski definition) is 1. The zero-order valence-corrected chi connectivity index (χ0v) is 23.3. The zero-order valence-electron chi connectivity index (χ0n) is 22.5. The first-order valence-electron chi connectivity index (χ1n) is 13.7. The third kappa shape index (κ3) is 5.58. The number of nitrogens with zero attached hydrogens (tertiary/aromatic N) is 4. The Balaban J connectivity index is 1.22. The number of nitrogens with one attached hydrogen (secondary N) is 1. The van der Waals surface area contributed by atoms with E-state index in [1.54, 1.807) is 30.3 Å². The Morgan fingerprint density at radius 1 is 0.976 bits per heavy atom. The molecule has 2 saturated heterocycles. The fourth-order valence-electron chi connectivity index (χ4n) is 5.40. The van der Waals surface area contributed by atoms with Crippen LogP contribution in [0.15, 0.2) is 70.2 Å². The normalized spacial score (nSPS) is 18.2. The van der Waals surface area contributed by atoms with E-state index < -0.39 is 33.7 Å². The summed E-state index contributed by atoms with van der Waals surface area (Å²) < 4.78 is 72.9. The molecule has 42 heavy (non-hydrogen) atoms. The number of halogens is 3. The lowest BCUT2D eigenvalue weighted by Crippen LogP contribution is -2.45. The van der Waals surface area contributed by atoms with E-state index in [0.717, 1.165) is 38.1 Å². The Kier molecular flexibility index (Phi) is 7.39. The summed E-state index contributed by atoms with van der Waals surface area (Å²) in [6.07, 6.45) is -1.65. The van der Waals surface area contributed by atoms with Gasteiger partial charge in [0.2, 0.25) is 16.9 Å². The molecule has 2 aromatic carbocycles. The lowest BCUT2D eigenvalue weighted by atomic mass is 10.1. The number of anilines is 1. The Hall–Kier alpha value is -3.97. The van der Waals surface area contributed by atoms with Crippen molar-refractivity contribution in [2.45, 2.75) is 49.5 Å². The van der Waals surface area contributed by atoms with Crippen molar-refractivity contribution in [1.29, 1.82) is 0 Å². The first-order chi connectivity index (χ1) is 20.1. The summed E-state index contributed by atoms with van der Waals surface area (Å²) in [7, 11) is -4.06. The smallest absolute Gasteiger partial charge is 0.416 e. The van der Waals surface area contributed by atoms with Crippen LogP contribution >= 0.6 is 0 Å². The largest absolute Gasteiger partial charge is 0.443 e. The summed E-state index contributed by atoms with van der Waals surface area (Å²) in [6, 6.07) is 13.9. The second-order valence-electron chi connectivity index (χ2n) is 10.4. The molecule has 0 bridgehead atoms. The average Bonchev–Trinajstić information content (AvgIpc) is 3.76. The fraction of sp³-hybridized carbons (Fsp3) is 0.345. The van der Waals surface area contributed by atoms with Crippen LogP contribution < -0.4 is 10.2 Å². The van der Waals surface area contributed by atoms with Gasteiger partial charge in [-0.1, -0.05) is 30.3 Å². The minimum absolute atomic E-state index is 0.00907. The molecule has 2 aliphatic heterocycles. The molecule has 6 rings (SSSR count). The lowest BCUT2D eigenvalue weighted by molar-refractivity contribution is -0.137. The van der Waals surface area contributed by atoms with Crippen molar-refractivity contribution in [2.75, 3.05) is 24.5 Å². The van der Waals surface area contributed by atoms with Crippen LogP contribution in [0.3, 0.4) is 0 Å². The Labute approximate surface area is 240 Å². The predicted molar refractivity (Wildman–Crippen MR) is 149 cm³/mol. The van der Waals surface area contributed by atoms with Crippen molar-refractivity contribution in [3.05, 3.63) is 71.9 Å². The van der Waals surface area contributed by atoms with Crippen LogP contribution in [0.1, 0.15) is 36.9 Å². The molecule has 1 N–H and O–H groups in total. The standard InChI is InChI=1S/C29H28F3N5O4S/c30-29(31,32)21-11-9-19(10-12-21)23-17-22(34-28(35-23)36-13-3-4-14-36)18-33-27(38)24-7-5-15-37(24)42(39,40)26-16-20-6-1-2-8-25(20)41-26/h1-2,6,8-12,16-17,24H,3-5,7,13-15,18H2,(H,33,38)/t24-/m0/s1. The first-order valence-corrected chi connectivity index (χ1v) is 15.1. The van der Waals surface area contributed by atoms with Gasteiger partial charge in [0.05, 0.1) is 23.5 Å². The van der Waals surface area contributed by atoms with Crippen LogP contribution in [0.25, 0.3) is 22.2 Å². The Bertz CT molecular complexity index is 1680. The minimum Gasteiger partial charge on any atom is -0.443 e. The summed E-state index contributed by atoms with van der Waals surface area (Å²) >= 11 is 0. The second-order valence-corrected chi connectivity index (χ2v) is 12.2. The SMILES string of the molecule is O=C(NCc1cc(-c2ccc(C(F)(F)F)cc2)nc(N2CCCC2)n1)[C@@H]1CCCN1S(=O)(=O)c1cc2ccccc2o1. The van der Waals surface area contributed by atoms with E-state index in [2.05, 4.69) is 15.3 Å². The maximum atomic E-state index is 13.4. The Morgan fingerprint density at radius 2 is 1.71 bits per heavy atom. The van der Waals surface area contributed by atoms with Crippen molar-refractivity contribution in [2.24, 2.45) is 0 Å². The number of aromatic nitrogens is 2. The number of amides is 1. The molecule has 0 unspecified atom stereocenters. The molecule has 2 fully saturated rings. The molecule has 13 heteroatoms. The highest BCUT2D eigenvalue weighted by Gasteiger charge is 2.41. The number of carbonyl (C=O) groups excluding carboxylic acids is 1. The topological polar surface area (TPSA) is 109 Å². The molecule has 0 radical (unpaired) electrons. The van der Waals surface area contributed by atoms with Gasteiger partial charge in [-0.05, 0) is 49.9 Å². The van der Waals surface area contributed by atoms with Gasteiger partial charge in [-0.3, -0.25) is 4.79 Å². The molecular weight excluding hydrogens is 571 g/mol. The van der Waals surface area contributed by atoms with Crippen molar-refractivity contribution in [3.8, 4) is 11.3 Å². The van der Waals surface area contributed by atoms with Gasteiger partial charge in [0.15, 0.2) is 0 Å². The van der Waals surface area contributed by atoms with Gasteiger partial charge < -0.3 is 14.6 Å². The molecule has 2 aromatic heterocycles. The van der Waals surface area contributed by atoms with E-state index >= 15 is 0 Å². The summed E-state index contributed by atoms with van der Waals surface area (Å²) in [5.41, 5.74) is 1.06. The molecule has 220 valence electrons. The monoisotopic (exact) mass is 599 g/mol. The number of alkyl halides is 3. The van der Waals surface area contributed by atoms with Gasteiger partial charge in [-0.2, -0.15) is 17.5 Å². The van der Waals surface area contributed by atoms with E-state index in [1.165, 1.54) is 22.5 Å². The van der Waals surface area contributed by atoms with Crippen molar-refractivity contribution < 1.29 is 30.8 Å². The number of hydrogen-bond acceptors (Lipinski definition) is 7. The molecule has 0 aliphatic carbocycles. The van der Waals surface area contributed by atoms with Crippen LogP contribution in [0.2, 0.25) is 0 Å². The highest BCUT2D eigenvalue weighted by atomic mass is 32.2. The number of benzene rings is 2. The quantitative estimate of drug-likeness (QED) is 0.319. The molecule has 0 saturated carbocycles. The molecule has 1 atom stereocenters. The van der Waals surface area contributed by atoms with Gasteiger partial charge in [-0.25, -0.2) is 18.4 Å². The van der Waals surface area contributed by atoms with Crippen LogP contribution in [-0.4, -0.2) is 54.3 Å². The molecule has 2 aliphatic rings. The van der Waals surface area contributed by atoms with Gasteiger partial charge in [-0.15, -0.1) is 0 Å². The summed E-state index contributed by atoms with van der Waals surface area (Å²) in [5, 5.41) is 3.25. The molecule has 4 aromatic rings. The lowest BCUT2D eigenvalue weighted by Gasteiger charge is -2.22. The zero-order chi connectivity index (χ0) is 29.5. The van der Waals surface area contributed by atoms with Gasteiger partial charge in [0, 0.05) is 36.7 Å². The highest BCUT2D eigenvalue weighted by Crippen LogP contribution is 2.32. The minimum atomic E-state index is -4.45. The third-order valence-corrected chi connectivity index (χ3v) is 9.34. The number of sulfonamides is 1. The van der Waals surface area contributed by atoms with Gasteiger partial charge in [0.25, 0.3) is 10.0 Å². The summed E-state index contributed by atoms with van der Waals surface area (Å²) in [5.74, 6) is -0.0336. The molecule has 4 heterocycles. The predicted octanol–water partition coefficient (Wildman–Crippen LogP) is 4.98. The van der Waals surface area contributed by atoms with E-state index in [1.807, 2.05) is 4.90 Å². The van der Waals surface area contributed by atoms with Crippen molar-refractivity contribution in [3.63, 3.8) is 0 Å². The highest BCUT2D eigenvalue weighted by molar-refractivity contribution is 7.89. The number of furan rings is 1. The van der Waals surface area contributed by atoms with Gasteiger partial charge in [0.1, 0.15) is 11.6 Å². The second kappa shape index (κ2) is 11.0. The molecule has 0 spiro atoms. The van der Waals surface area contributed by atoms with Crippen molar-refractivity contribution in [1.82, 2.24) is 19.6 Å². The number of carbonyl (C=O) groups is 1. The van der Waals surface area contributed by atoms with Crippen LogP contribution in [0.4, 0.5) is 19.1 Å². The average molecular weight is 600 g/mol. The van der Waals surface area contributed by atoms with Crippen LogP contribution in [0.5, 0.6) is 0 Å². The molecular formula is C29H28F3N5O4S. The summed E-state index contributed by atoms with van der Waals surface area (Å²) in [6.45, 7) is 1.67.